The minimum atomic E-state index is -4.14. The van der Waals surface area contributed by atoms with E-state index in [0.717, 1.165) is 18.2 Å². The number of hydrogen-bond acceptors (Lipinski definition) is 6. The first-order valence-corrected chi connectivity index (χ1v) is 10.1. The smallest absolute Gasteiger partial charge is 0.341 e. The largest absolute Gasteiger partial charge is 0.449 e. The lowest BCUT2D eigenvalue weighted by Crippen LogP contribution is -2.43. The van der Waals surface area contributed by atoms with Gasteiger partial charge in [-0.25, -0.2) is 22.4 Å². The van der Waals surface area contributed by atoms with E-state index in [1.165, 1.54) is 45.2 Å². The number of carbonyl (C=O) groups excluding carboxylic acids is 3. The minimum absolute atomic E-state index is 0.0925. The van der Waals surface area contributed by atoms with E-state index in [2.05, 4.69) is 10.0 Å². The van der Waals surface area contributed by atoms with E-state index >= 15 is 0 Å². The van der Waals surface area contributed by atoms with Crippen molar-refractivity contribution in [1.29, 1.82) is 0 Å². The summed E-state index contributed by atoms with van der Waals surface area (Å²) in [7, 11) is -2.83. The molecule has 0 radical (unpaired) electrons. The van der Waals surface area contributed by atoms with Crippen molar-refractivity contribution >= 4 is 33.6 Å². The molecule has 2 aromatic rings. The van der Waals surface area contributed by atoms with Gasteiger partial charge in [-0.2, -0.15) is 0 Å². The Morgan fingerprint density at radius 3 is 2.40 bits per heavy atom. The van der Waals surface area contributed by atoms with Gasteiger partial charge in [0.25, 0.3) is 15.9 Å². The van der Waals surface area contributed by atoms with Gasteiger partial charge >= 0.3 is 12.0 Å². The van der Waals surface area contributed by atoms with Gasteiger partial charge in [-0.3, -0.25) is 14.8 Å². The number of esters is 1. The number of urea groups is 1. The summed E-state index contributed by atoms with van der Waals surface area (Å²) in [5.41, 5.74) is -0.0624. The Hall–Kier alpha value is -3.47. The van der Waals surface area contributed by atoms with Crippen molar-refractivity contribution in [3.05, 3.63) is 59.4 Å². The molecule has 0 heterocycles. The molecule has 1 unspecified atom stereocenters. The Morgan fingerprint density at radius 1 is 1.10 bits per heavy atom. The van der Waals surface area contributed by atoms with Crippen LogP contribution in [-0.4, -0.2) is 39.5 Å². The molecule has 160 valence electrons. The number of hydrogen-bond donors (Lipinski definition) is 3. The molecule has 0 aliphatic heterocycles. The maximum atomic E-state index is 13.3. The van der Waals surface area contributed by atoms with Gasteiger partial charge in [-0.05, 0) is 49.7 Å². The van der Waals surface area contributed by atoms with Gasteiger partial charge in [0.1, 0.15) is 5.82 Å². The Bertz CT molecular complexity index is 1090. The number of anilines is 1. The summed E-state index contributed by atoms with van der Waals surface area (Å²) in [5.74, 6) is -2.43. The molecule has 0 bridgehead atoms. The van der Waals surface area contributed by atoms with Crippen LogP contribution in [0.15, 0.2) is 47.4 Å². The number of nitrogens with one attached hydrogen (secondary N) is 3. The lowest BCUT2D eigenvalue weighted by Gasteiger charge is -2.16. The van der Waals surface area contributed by atoms with Gasteiger partial charge in [0.2, 0.25) is 0 Å². The van der Waals surface area contributed by atoms with Crippen molar-refractivity contribution in [3.8, 4) is 0 Å². The molecule has 0 saturated heterocycles. The first-order chi connectivity index (χ1) is 14.0. The number of halogens is 1. The molecule has 2 aromatic carbocycles. The van der Waals surface area contributed by atoms with Crippen LogP contribution in [0.4, 0.5) is 14.9 Å². The average Bonchev–Trinajstić information content (AvgIpc) is 2.67. The topological polar surface area (TPSA) is 131 Å². The third-order valence-electron chi connectivity index (χ3n) is 3.93. The van der Waals surface area contributed by atoms with E-state index in [-0.39, 0.29) is 21.7 Å². The number of ether oxygens (including phenoxy) is 1. The van der Waals surface area contributed by atoms with Gasteiger partial charge in [-0.15, -0.1) is 0 Å². The predicted octanol–water partition coefficient (Wildman–Crippen LogP) is 1.94. The molecule has 0 spiro atoms. The summed E-state index contributed by atoms with van der Waals surface area (Å²) in [6, 6.07) is 8.03. The number of imide groups is 1. The Kier molecular flexibility index (Phi) is 7.11. The molecule has 0 fully saturated rings. The third-order valence-corrected chi connectivity index (χ3v) is 5.46. The number of rotatable bonds is 6. The number of amides is 3. The highest BCUT2D eigenvalue weighted by Gasteiger charge is 2.24. The highest BCUT2D eigenvalue weighted by Crippen LogP contribution is 2.23. The maximum Gasteiger partial charge on any atom is 0.341 e. The van der Waals surface area contributed by atoms with Crippen LogP contribution in [-0.2, 0) is 19.6 Å². The molecule has 3 N–H and O–H groups in total. The molecule has 9 nitrogen and oxygen atoms in total. The lowest BCUT2D eigenvalue weighted by atomic mass is 10.2. The second kappa shape index (κ2) is 9.35. The fourth-order valence-electron chi connectivity index (χ4n) is 2.42. The number of sulfonamides is 1. The zero-order chi connectivity index (χ0) is 22.5. The molecule has 11 heteroatoms. The van der Waals surface area contributed by atoms with Crippen LogP contribution in [0.2, 0.25) is 0 Å². The number of benzene rings is 2. The van der Waals surface area contributed by atoms with Crippen molar-refractivity contribution < 1.29 is 31.9 Å². The third kappa shape index (κ3) is 5.54. The lowest BCUT2D eigenvalue weighted by molar-refractivity contribution is -0.127. The molecular formula is C19H20FN3O6S. The van der Waals surface area contributed by atoms with E-state index in [1.807, 2.05) is 5.32 Å². The summed E-state index contributed by atoms with van der Waals surface area (Å²) in [6.45, 7) is 2.69. The quantitative estimate of drug-likeness (QED) is 0.592. The van der Waals surface area contributed by atoms with E-state index in [1.54, 1.807) is 0 Å². The fraction of sp³-hybridized carbons (Fsp3) is 0.211. The van der Waals surface area contributed by atoms with Gasteiger partial charge in [0.15, 0.2) is 6.10 Å². The molecular weight excluding hydrogens is 417 g/mol. The summed E-state index contributed by atoms with van der Waals surface area (Å²) in [5, 5.41) is 4.15. The van der Waals surface area contributed by atoms with Crippen molar-refractivity contribution in [2.45, 2.75) is 24.8 Å². The number of para-hydroxylation sites is 1. The summed E-state index contributed by atoms with van der Waals surface area (Å²) in [6.07, 6.45) is -1.32. The van der Waals surface area contributed by atoms with E-state index in [4.69, 9.17) is 4.74 Å². The van der Waals surface area contributed by atoms with Crippen LogP contribution in [0.1, 0.15) is 22.8 Å². The maximum absolute atomic E-state index is 13.3. The Labute approximate surface area is 172 Å². The van der Waals surface area contributed by atoms with Gasteiger partial charge in [0, 0.05) is 7.05 Å². The molecule has 0 aromatic heterocycles. The summed E-state index contributed by atoms with van der Waals surface area (Å²) >= 11 is 0. The SMILES string of the molecule is CNC(=O)NC(=O)C(C)OC(=O)c1ccccc1NS(=O)(=O)c1ccc(F)cc1C. The van der Waals surface area contributed by atoms with E-state index in [0.29, 0.717) is 0 Å². The Morgan fingerprint density at radius 2 is 1.77 bits per heavy atom. The van der Waals surface area contributed by atoms with Gasteiger partial charge in [0.05, 0.1) is 16.1 Å². The number of aryl methyl sites for hydroxylation is 1. The van der Waals surface area contributed by atoms with Crippen LogP contribution in [0.5, 0.6) is 0 Å². The van der Waals surface area contributed by atoms with Crippen LogP contribution < -0.4 is 15.4 Å². The Balaban J connectivity index is 2.24. The first-order valence-electron chi connectivity index (χ1n) is 8.66. The second-order valence-electron chi connectivity index (χ2n) is 6.18. The molecule has 30 heavy (non-hydrogen) atoms. The normalized spacial score (nSPS) is 11.9. The average molecular weight is 437 g/mol. The van der Waals surface area contributed by atoms with E-state index < -0.39 is 39.9 Å². The highest BCUT2D eigenvalue weighted by atomic mass is 32.2. The molecule has 0 saturated carbocycles. The molecule has 0 aliphatic carbocycles. The zero-order valence-electron chi connectivity index (χ0n) is 16.4. The fourth-order valence-corrected chi connectivity index (χ4v) is 3.73. The molecule has 2 rings (SSSR count). The van der Waals surface area contributed by atoms with Crippen LogP contribution in [0, 0.1) is 12.7 Å². The van der Waals surface area contributed by atoms with Gasteiger partial charge < -0.3 is 10.1 Å². The van der Waals surface area contributed by atoms with Crippen molar-refractivity contribution in [2.24, 2.45) is 0 Å². The van der Waals surface area contributed by atoms with Crippen LogP contribution in [0.3, 0.4) is 0 Å². The zero-order valence-corrected chi connectivity index (χ0v) is 17.2. The van der Waals surface area contributed by atoms with Crippen molar-refractivity contribution in [1.82, 2.24) is 10.6 Å². The highest BCUT2D eigenvalue weighted by molar-refractivity contribution is 7.92. The second-order valence-corrected chi connectivity index (χ2v) is 7.83. The molecule has 3 amide bonds. The molecule has 0 aliphatic rings. The molecule has 1 atom stereocenters. The van der Waals surface area contributed by atoms with Gasteiger partial charge in [-0.1, -0.05) is 12.1 Å². The number of carbonyl (C=O) groups is 3. The summed E-state index contributed by atoms with van der Waals surface area (Å²) < 4.78 is 46.0. The predicted molar refractivity (Wildman–Crippen MR) is 106 cm³/mol. The van der Waals surface area contributed by atoms with Crippen molar-refractivity contribution in [2.75, 3.05) is 11.8 Å². The minimum Gasteiger partial charge on any atom is -0.449 e. The standard InChI is InChI=1S/C19H20FN3O6S/c1-11-10-13(20)8-9-16(11)30(27,28)23-15-7-5-4-6-14(15)18(25)29-12(2)17(24)22-19(26)21-3/h4-10,12,23H,1-3H3,(H2,21,22,24,26). The monoisotopic (exact) mass is 437 g/mol. The first kappa shape index (κ1) is 22.8. The van der Waals surface area contributed by atoms with Crippen LogP contribution in [0.25, 0.3) is 0 Å². The van der Waals surface area contributed by atoms with Crippen molar-refractivity contribution in [3.63, 3.8) is 0 Å². The summed E-state index contributed by atoms with van der Waals surface area (Å²) in [4.78, 5) is 35.4. The van der Waals surface area contributed by atoms with E-state index in [9.17, 15) is 27.2 Å². The van der Waals surface area contributed by atoms with Crippen LogP contribution >= 0.6 is 0 Å².